The van der Waals surface area contributed by atoms with E-state index in [0.717, 1.165) is 11.3 Å². The van der Waals surface area contributed by atoms with Gasteiger partial charge in [-0.15, -0.1) is 5.10 Å². The van der Waals surface area contributed by atoms with E-state index in [1.54, 1.807) is 23.5 Å². The van der Waals surface area contributed by atoms with E-state index in [2.05, 4.69) is 27.4 Å². The lowest BCUT2D eigenvalue weighted by Crippen LogP contribution is -2.30. The van der Waals surface area contributed by atoms with Crippen molar-refractivity contribution in [2.45, 2.75) is 25.2 Å². The molecule has 0 saturated carbocycles. The van der Waals surface area contributed by atoms with Crippen molar-refractivity contribution in [1.82, 2.24) is 39.3 Å². The Labute approximate surface area is 216 Å². The quantitative estimate of drug-likeness (QED) is 0.296. The summed E-state index contributed by atoms with van der Waals surface area (Å²) in [6.45, 7) is 3.23. The van der Waals surface area contributed by atoms with Gasteiger partial charge in [-0.3, -0.25) is 14.3 Å². The van der Waals surface area contributed by atoms with Crippen LogP contribution in [0.1, 0.15) is 12.5 Å². The molecule has 11 nitrogen and oxygen atoms in total. The van der Waals surface area contributed by atoms with Gasteiger partial charge in [-0.05, 0) is 34.0 Å². The normalized spacial score (nSPS) is 12.2. The molecule has 12 heteroatoms. The monoisotopic (exact) mass is 517 g/mol. The molecule has 0 saturated heterocycles. The number of hydrogen-bond donors (Lipinski definition) is 1. The van der Waals surface area contributed by atoms with Gasteiger partial charge in [0, 0.05) is 32.9 Å². The van der Waals surface area contributed by atoms with Crippen LogP contribution in [-0.4, -0.2) is 52.1 Å². The summed E-state index contributed by atoms with van der Waals surface area (Å²) in [4.78, 5) is 34.3. The molecule has 0 bridgehead atoms. The van der Waals surface area contributed by atoms with Crippen LogP contribution in [0.25, 0.3) is 16.9 Å². The fourth-order valence-corrected chi connectivity index (χ4v) is 5.09. The van der Waals surface area contributed by atoms with Gasteiger partial charge in [0.25, 0.3) is 5.56 Å². The lowest BCUT2D eigenvalue weighted by molar-refractivity contribution is 0.536. The lowest BCUT2D eigenvalue weighted by atomic mass is 10.2. The van der Waals surface area contributed by atoms with Gasteiger partial charge in [0.15, 0.2) is 11.2 Å². The van der Waals surface area contributed by atoms with Gasteiger partial charge in [0.05, 0.1) is 5.69 Å². The van der Waals surface area contributed by atoms with Crippen LogP contribution < -0.4 is 16.1 Å². The van der Waals surface area contributed by atoms with Crippen LogP contribution in [0.2, 0.25) is 0 Å². The maximum Gasteiger partial charge on any atom is 0.329 e. The second-order valence-corrected chi connectivity index (χ2v) is 9.97. The minimum atomic E-state index is -0.490. The molecule has 0 amide bonds. The Morgan fingerprint density at radius 2 is 1.76 bits per heavy atom. The highest BCUT2D eigenvalue weighted by Gasteiger charge is 2.22. The summed E-state index contributed by atoms with van der Waals surface area (Å²) in [5.74, 6) is 1.46. The first-order valence-corrected chi connectivity index (χ1v) is 12.8. The Morgan fingerprint density at radius 3 is 2.49 bits per heavy atom. The Kier molecular flexibility index (Phi) is 6.91. The summed E-state index contributed by atoms with van der Waals surface area (Å²) in [5, 5.41) is 12.8. The average molecular weight is 518 g/mol. The van der Waals surface area contributed by atoms with Crippen molar-refractivity contribution in [2.75, 3.05) is 17.7 Å². The molecule has 3 aromatic heterocycles. The first-order chi connectivity index (χ1) is 17.9. The maximum absolute atomic E-state index is 12.9. The summed E-state index contributed by atoms with van der Waals surface area (Å²) >= 11 is 1.55. The number of rotatable bonds is 9. The van der Waals surface area contributed by atoms with E-state index < -0.39 is 11.2 Å². The van der Waals surface area contributed by atoms with E-state index >= 15 is 0 Å². The molecule has 5 aromatic rings. The lowest BCUT2D eigenvalue weighted by Gasteiger charge is -2.21. The third kappa shape index (κ3) is 5.05. The summed E-state index contributed by atoms with van der Waals surface area (Å²) in [6.07, 6.45) is 0. The Balaban J connectivity index is 1.43. The number of para-hydroxylation sites is 1. The van der Waals surface area contributed by atoms with Crippen molar-refractivity contribution in [3.05, 3.63) is 87.1 Å². The standard InChI is InChI=1S/C25H27N9O2S/c1-17(16-37-25-28-29-30-34(25)19-12-8-5-9-13-19)14-33-20-21(32(3)24(36)27-22(20)35)26-23(33)31(2)15-18-10-6-4-7-11-18/h4-13,17H,14-16H2,1-3H3,(H,27,35,36). The molecule has 190 valence electrons. The predicted octanol–water partition coefficient (Wildman–Crippen LogP) is 2.46. The highest BCUT2D eigenvalue weighted by molar-refractivity contribution is 7.99. The highest BCUT2D eigenvalue weighted by Crippen LogP contribution is 2.25. The second-order valence-electron chi connectivity index (χ2n) is 8.98. The molecular weight excluding hydrogens is 490 g/mol. The van der Waals surface area contributed by atoms with Crippen LogP contribution in [0.3, 0.4) is 0 Å². The number of thioether (sulfide) groups is 1. The van der Waals surface area contributed by atoms with Gasteiger partial charge in [-0.1, -0.05) is 67.2 Å². The van der Waals surface area contributed by atoms with Gasteiger partial charge < -0.3 is 9.47 Å². The fourth-order valence-electron chi connectivity index (χ4n) is 4.20. The molecule has 0 aliphatic rings. The van der Waals surface area contributed by atoms with Crippen molar-refractivity contribution in [1.29, 1.82) is 0 Å². The van der Waals surface area contributed by atoms with E-state index in [1.165, 1.54) is 4.57 Å². The zero-order valence-electron chi connectivity index (χ0n) is 20.8. The molecule has 0 fully saturated rings. The number of nitrogens with zero attached hydrogens (tertiary/aromatic N) is 8. The summed E-state index contributed by atoms with van der Waals surface area (Å²) in [7, 11) is 3.55. The third-order valence-electron chi connectivity index (χ3n) is 6.02. The minimum Gasteiger partial charge on any atom is -0.341 e. The fraction of sp³-hybridized carbons (Fsp3) is 0.280. The number of aromatic amines is 1. The topological polar surface area (TPSA) is 120 Å². The number of nitrogens with one attached hydrogen (secondary N) is 1. The number of imidazole rings is 1. The maximum atomic E-state index is 12.9. The van der Waals surface area contributed by atoms with E-state index in [-0.39, 0.29) is 5.92 Å². The molecule has 0 aliphatic heterocycles. The Bertz CT molecular complexity index is 1620. The molecule has 5 rings (SSSR count). The van der Waals surface area contributed by atoms with E-state index in [9.17, 15) is 9.59 Å². The highest BCUT2D eigenvalue weighted by atomic mass is 32.2. The average Bonchev–Trinajstić information content (AvgIpc) is 3.53. The number of aryl methyl sites for hydroxylation is 1. The SMILES string of the molecule is CC(CSc1nnnn1-c1ccccc1)Cn1c(N(C)Cc2ccccc2)nc2c1c(=O)[nH]c(=O)n2C. The number of tetrazole rings is 1. The van der Waals surface area contributed by atoms with E-state index in [1.807, 2.05) is 77.2 Å². The number of hydrogen-bond acceptors (Lipinski definition) is 8. The number of fused-ring (bicyclic) bond motifs is 1. The number of anilines is 1. The van der Waals surface area contributed by atoms with Crippen LogP contribution in [0.4, 0.5) is 5.95 Å². The zero-order chi connectivity index (χ0) is 25.9. The zero-order valence-corrected chi connectivity index (χ0v) is 21.6. The number of H-pyrrole nitrogens is 1. The smallest absolute Gasteiger partial charge is 0.329 e. The summed E-state index contributed by atoms with van der Waals surface area (Å²) in [5.41, 5.74) is 1.80. The molecule has 0 spiro atoms. The van der Waals surface area contributed by atoms with Crippen molar-refractivity contribution < 1.29 is 0 Å². The van der Waals surface area contributed by atoms with Gasteiger partial charge in [-0.25, -0.2) is 4.79 Å². The van der Waals surface area contributed by atoms with Crippen LogP contribution in [0.5, 0.6) is 0 Å². The molecule has 3 heterocycles. The first-order valence-electron chi connectivity index (χ1n) is 11.8. The van der Waals surface area contributed by atoms with Crippen LogP contribution in [-0.2, 0) is 20.1 Å². The molecule has 0 radical (unpaired) electrons. The first kappa shape index (κ1) is 24.5. The van der Waals surface area contributed by atoms with Gasteiger partial charge in [-0.2, -0.15) is 9.67 Å². The van der Waals surface area contributed by atoms with E-state index in [4.69, 9.17) is 4.98 Å². The Morgan fingerprint density at radius 1 is 1.05 bits per heavy atom. The van der Waals surface area contributed by atoms with Crippen molar-refractivity contribution in [3.8, 4) is 5.69 Å². The number of benzene rings is 2. The van der Waals surface area contributed by atoms with Crippen LogP contribution >= 0.6 is 11.8 Å². The summed E-state index contributed by atoms with van der Waals surface area (Å²) < 4.78 is 4.99. The van der Waals surface area contributed by atoms with Crippen molar-refractivity contribution in [2.24, 2.45) is 13.0 Å². The molecule has 1 atom stereocenters. The third-order valence-corrected chi connectivity index (χ3v) is 7.27. The molecular formula is C25H27N9O2S. The van der Waals surface area contributed by atoms with Crippen molar-refractivity contribution in [3.63, 3.8) is 0 Å². The van der Waals surface area contributed by atoms with Crippen LogP contribution in [0, 0.1) is 5.92 Å². The largest absolute Gasteiger partial charge is 0.341 e. The van der Waals surface area contributed by atoms with Crippen molar-refractivity contribution >= 4 is 28.9 Å². The van der Waals surface area contributed by atoms with Gasteiger partial charge in [0.2, 0.25) is 11.1 Å². The molecule has 1 unspecified atom stereocenters. The molecule has 37 heavy (non-hydrogen) atoms. The molecule has 1 N–H and O–H groups in total. The number of aromatic nitrogens is 8. The van der Waals surface area contributed by atoms with Gasteiger partial charge >= 0.3 is 5.69 Å². The molecule has 0 aliphatic carbocycles. The van der Waals surface area contributed by atoms with E-state index in [0.29, 0.717) is 41.1 Å². The Hall–Kier alpha value is -4.19. The van der Waals surface area contributed by atoms with Crippen LogP contribution in [0.15, 0.2) is 75.4 Å². The minimum absolute atomic E-state index is 0.129. The second kappa shape index (κ2) is 10.4. The van der Waals surface area contributed by atoms with Gasteiger partial charge in [0.1, 0.15) is 0 Å². The summed E-state index contributed by atoms with van der Waals surface area (Å²) in [6, 6.07) is 19.8. The predicted molar refractivity (Wildman–Crippen MR) is 143 cm³/mol. The molecule has 2 aromatic carbocycles.